The summed E-state index contributed by atoms with van der Waals surface area (Å²) >= 11 is 6.00. The van der Waals surface area contributed by atoms with E-state index in [4.69, 9.17) is 16.3 Å². The smallest absolute Gasteiger partial charge is 0.221 e. The van der Waals surface area contributed by atoms with Crippen LogP contribution >= 0.6 is 11.6 Å². The zero-order valence-corrected chi connectivity index (χ0v) is 12.5. The van der Waals surface area contributed by atoms with Gasteiger partial charge in [0.2, 0.25) is 5.91 Å². The number of aryl methyl sites for hydroxylation is 1. The van der Waals surface area contributed by atoms with Crippen molar-refractivity contribution in [3.8, 4) is 0 Å². The molecule has 1 aromatic heterocycles. The van der Waals surface area contributed by atoms with Gasteiger partial charge in [-0.05, 0) is 31.0 Å². The third-order valence-electron chi connectivity index (χ3n) is 3.71. The Kier molecular flexibility index (Phi) is 4.41. The molecule has 0 aliphatic carbocycles. The highest BCUT2D eigenvalue weighted by atomic mass is 35.5. The lowest BCUT2D eigenvalue weighted by Crippen LogP contribution is -2.32. The number of amides is 1. The lowest BCUT2D eigenvalue weighted by atomic mass is 10.2. The molecule has 112 valence electrons. The van der Waals surface area contributed by atoms with Crippen molar-refractivity contribution >= 4 is 28.4 Å². The fourth-order valence-electron chi connectivity index (χ4n) is 2.55. The molecule has 1 aliphatic heterocycles. The molecule has 2 heterocycles. The maximum Gasteiger partial charge on any atom is 0.221 e. The Morgan fingerprint density at radius 1 is 1.52 bits per heavy atom. The van der Waals surface area contributed by atoms with Gasteiger partial charge in [0.05, 0.1) is 24.4 Å². The number of hydrogen-bond donors (Lipinski definition) is 1. The van der Waals surface area contributed by atoms with Crippen molar-refractivity contribution in [1.29, 1.82) is 0 Å². The van der Waals surface area contributed by atoms with Gasteiger partial charge in [-0.15, -0.1) is 0 Å². The first-order valence-corrected chi connectivity index (χ1v) is 7.59. The van der Waals surface area contributed by atoms with Crippen molar-refractivity contribution < 1.29 is 9.53 Å². The number of halogens is 1. The van der Waals surface area contributed by atoms with Crippen molar-refractivity contribution in [3.63, 3.8) is 0 Å². The Hall–Kier alpha value is -1.59. The van der Waals surface area contributed by atoms with Crippen LogP contribution in [0, 0.1) is 0 Å². The van der Waals surface area contributed by atoms with E-state index >= 15 is 0 Å². The van der Waals surface area contributed by atoms with Crippen LogP contribution in [0.2, 0.25) is 5.02 Å². The van der Waals surface area contributed by atoms with Gasteiger partial charge in [0.1, 0.15) is 0 Å². The summed E-state index contributed by atoms with van der Waals surface area (Å²) in [6.07, 6.45) is 4.48. The summed E-state index contributed by atoms with van der Waals surface area (Å²) in [7, 11) is 0. The van der Waals surface area contributed by atoms with Crippen LogP contribution in [0.15, 0.2) is 24.4 Å². The van der Waals surface area contributed by atoms with Crippen LogP contribution < -0.4 is 5.32 Å². The topological polar surface area (TPSA) is 56.2 Å². The zero-order chi connectivity index (χ0) is 14.7. The second-order valence-electron chi connectivity index (χ2n) is 5.26. The average Bonchev–Trinajstić information content (AvgIpc) is 3.12. The van der Waals surface area contributed by atoms with E-state index in [1.165, 1.54) is 0 Å². The quantitative estimate of drug-likeness (QED) is 0.922. The lowest BCUT2D eigenvalue weighted by Gasteiger charge is -2.11. The maximum atomic E-state index is 11.9. The molecule has 1 atom stereocenters. The van der Waals surface area contributed by atoms with Gasteiger partial charge in [0.15, 0.2) is 0 Å². The largest absolute Gasteiger partial charge is 0.376 e. The molecule has 1 amide bonds. The molecule has 1 aliphatic rings. The summed E-state index contributed by atoms with van der Waals surface area (Å²) in [6.45, 7) is 1.95. The van der Waals surface area contributed by atoms with Crippen molar-refractivity contribution in [2.75, 3.05) is 13.2 Å². The monoisotopic (exact) mass is 307 g/mol. The molecule has 1 saturated heterocycles. The Bertz CT molecular complexity index is 635. The summed E-state index contributed by atoms with van der Waals surface area (Å²) in [4.78, 5) is 11.9. The van der Waals surface area contributed by atoms with Gasteiger partial charge in [-0.25, -0.2) is 0 Å². The Morgan fingerprint density at radius 2 is 2.43 bits per heavy atom. The van der Waals surface area contributed by atoms with Crippen LogP contribution in [0.4, 0.5) is 0 Å². The first kappa shape index (κ1) is 14.4. The zero-order valence-electron chi connectivity index (χ0n) is 11.7. The number of carbonyl (C=O) groups excluding carboxylic acids is 1. The van der Waals surface area contributed by atoms with Crippen molar-refractivity contribution in [1.82, 2.24) is 15.1 Å². The SMILES string of the molecule is O=C(CCn1ncc2ccc(Cl)cc21)NC[C@H]1CCCO1. The molecule has 2 aromatic rings. The second-order valence-corrected chi connectivity index (χ2v) is 5.70. The predicted molar refractivity (Wildman–Crippen MR) is 81.3 cm³/mol. The number of benzene rings is 1. The maximum absolute atomic E-state index is 11.9. The lowest BCUT2D eigenvalue weighted by molar-refractivity contribution is -0.121. The van der Waals surface area contributed by atoms with Gasteiger partial charge in [-0.3, -0.25) is 9.48 Å². The Morgan fingerprint density at radius 3 is 3.24 bits per heavy atom. The van der Waals surface area contributed by atoms with Gasteiger partial charge in [0, 0.05) is 30.0 Å². The Labute approximate surface area is 128 Å². The van der Waals surface area contributed by atoms with E-state index in [2.05, 4.69) is 10.4 Å². The number of nitrogens with one attached hydrogen (secondary N) is 1. The third kappa shape index (κ3) is 3.54. The highest BCUT2D eigenvalue weighted by Crippen LogP contribution is 2.19. The van der Waals surface area contributed by atoms with E-state index < -0.39 is 0 Å². The summed E-state index contributed by atoms with van der Waals surface area (Å²) in [5.74, 6) is 0.0242. The number of aromatic nitrogens is 2. The molecular weight excluding hydrogens is 290 g/mol. The van der Waals surface area contributed by atoms with Gasteiger partial charge in [-0.1, -0.05) is 11.6 Å². The van der Waals surface area contributed by atoms with Gasteiger partial charge >= 0.3 is 0 Å². The minimum absolute atomic E-state index is 0.0242. The first-order chi connectivity index (χ1) is 10.2. The van der Waals surface area contributed by atoms with Crippen LogP contribution in [0.25, 0.3) is 10.9 Å². The van der Waals surface area contributed by atoms with Gasteiger partial charge < -0.3 is 10.1 Å². The third-order valence-corrected chi connectivity index (χ3v) is 3.94. The van der Waals surface area contributed by atoms with E-state index in [-0.39, 0.29) is 12.0 Å². The van der Waals surface area contributed by atoms with Crippen molar-refractivity contribution in [2.24, 2.45) is 0 Å². The van der Waals surface area contributed by atoms with Crippen LogP contribution in [-0.2, 0) is 16.1 Å². The number of ether oxygens (including phenoxy) is 1. The summed E-state index contributed by atoms with van der Waals surface area (Å²) in [5, 5.41) is 8.91. The molecule has 0 unspecified atom stereocenters. The number of hydrogen-bond acceptors (Lipinski definition) is 3. The molecule has 1 fully saturated rings. The Balaban J connectivity index is 1.53. The fourth-order valence-corrected chi connectivity index (χ4v) is 2.72. The van der Waals surface area contributed by atoms with Gasteiger partial charge in [0.25, 0.3) is 0 Å². The van der Waals surface area contributed by atoms with Crippen LogP contribution in [0.5, 0.6) is 0 Å². The predicted octanol–water partition coefficient (Wildman–Crippen LogP) is 2.38. The van der Waals surface area contributed by atoms with Crippen molar-refractivity contribution in [2.45, 2.75) is 31.9 Å². The minimum Gasteiger partial charge on any atom is -0.376 e. The van der Waals surface area contributed by atoms with E-state index in [0.29, 0.717) is 24.5 Å². The average molecular weight is 308 g/mol. The molecule has 3 rings (SSSR count). The fraction of sp³-hybridized carbons (Fsp3) is 0.467. The highest BCUT2D eigenvalue weighted by Gasteiger charge is 2.16. The highest BCUT2D eigenvalue weighted by molar-refractivity contribution is 6.31. The summed E-state index contributed by atoms with van der Waals surface area (Å²) < 4.78 is 7.29. The molecular formula is C15H18ClN3O2. The molecule has 0 bridgehead atoms. The minimum atomic E-state index is 0.0242. The molecule has 0 spiro atoms. The van der Waals surface area contributed by atoms with Crippen LogP contribution in [-0.4, -0.2) is 34.9 Å². The van der Waals surface area contributed by atoms with Gasteiger partial charge in [-0.2, -0.15) is 5.10 Å². The van der Waals surface area contributed by atoms with Crippen LogP contribution in [0.1, 0.15) is 19.3 Å². The number of fused-ring (bicyclic) bond motifs is 1. The summed E-state index contributed by atoms with van der Waals surface area (Å²) in [5.41, 5.74) is 0.953. The normalized spacial score (nSPS) is 18.2. The summed E-state index contributed by atoms with van der Waals surface area (Å²) in [6, 6.07) is 5.64. The molecule has 21 heavy (non-hydrogen) atoms. The van der Waals surface area contributed by atoms with Crippen LogP contribution in [0.3, 0.4) is 0 Å². The molecule has 6 heteroatoms. The van der Waals surface area contributed by atoms with E-state index in [1.54, 1.807) is 6.20 Å². The van der Waals surface area contributed by atoms with E-state index in [9.17, 15) is 4.79 Å². The number of carbonyl (C=O) groups is 1. The molecule has 1 aromatic carbocycles. The molecule has 0 saturated carbocycles. The first-order valence-electron chi connectivity index (χ1n) is 7.22. The second kappa shape index (κ2) is 6.45. The molecule has 5 nitrogen and oxygen atoms in total. The van der Waals surface area contributed by atoms with E-state index in [1.807, 2.05) is 22.9 Å². The standard InChI is InChI=1S/C15H18ClN3O2/c16-12-4-3-11-9-18-19(14(11)8-12)6-5-15(20)17-10-13-2-1-7-21-13/h3-4,8-9,13H,1-2,5-7,10H2,(H,17,20)/t13-/m1/s1. The molecule has 1 N–H and O–H groups in total. The number of nitrogens with zero attached hydrogens (tertiary/aromatic N) is 2. The molecule has 0 radical (unpaired) electrons. The van der Waals surface area contributed by atoms with E-state index in [0.717, 1.165) is 30.4 Å². The number of rotatable bonds is 5. The van der Waals surface area contributed by atoms with Crippen molar-refractivity contribution in [3.05, 3.63) is 29.4 Å².